The number of hydrogen-bond donors (Lipinski definition) is 0. The second-order valence-electron chi connectivity index (χ2n) is 7.15. The van der Waals surface area contributed by atoms with Gasteiger partial charge in [-0.1, -0.05) is 26.2 Å². The lowest BCUT2D eigenvalue weighted by atomic mass is 10.2. The molecule has 0 atom stereocenters. The Bertz CT molecular complexity index is 329. The molecule has 0 N–H and O–H groups in total. The van der Waals surface area contributed by atoms with E-state index in [2.05, 4.69) is 6.92 Å². The molecule has 0 aromatic carbocycles. The van der Waals surface area contributed by atoms with Crippen molar-refractivity contribution in [2.45, 2.75) is 59.0 Å². The quantitative estimate of drug-likeness (QED) is 0.247. The monoisotopic (exact) mass is 392 g/mol. The highest BCUT2D eigenvalue weighted by Gasteiger charge is 2.15. The van der Waals surface area contributed by atoms with E-state index in [1.165, 1.54) is 19.3 Å². The van der Waals surface area contributed by atoms with Gasteiger partial charge in [0.1, 0.15) is 12.2 Å². The summed E-state index contributed by atoms with van der Waals surface area (Å²) in [6, 6.07) is 0. The van der Waals surface area contributed by atoms with Crippen LogP contribution in [0.5, 0.6) is 0 Å². The fourth-order valence-corrected chi connectivity index (χ4v) is 2.04. The van der Waals surface area contributed by atoms with E-state index in [0.717, 1.165) is 13.0 Å². The molecule has 27 heavy (non-hydrogen) atoms. The molecule has 0 aromatic rings. The predicted molar refractivity (Wildman–Crippen MR) is 104 cm³/mol. The SMILES string of the molecule is CCCCCCOCCOCCOCCOCCOCC(=O)OC(C)(C)C. The van der Waals surface area contributed by atoms with Gasteiger partial charge >= 0.3 is 5.97 Å². The van der Waals surface area contributed by atoms with Crippen LogP contribution in [0.25, 0.3) is 0 Å². The lowest BCUT2D eigenvalue weighted by molar-refractivity contribution is -0.160. The molecule has 0 heterocycles. The van der Waals surface area contributed by atoms with Gasteiger partial charge in [0.2, 0.25) is 0 Å². The fraction of sp³-hybridized carbons (Fsp3) is 0.950. The van der Waals surface area contributed by atoms with Crippen molar-refractivity contribution in [1.29, 1.82) is 0 Å². The molecule has 0 unspecified atom stereocenters. The van der Waals surface area contributed by atoms with Crippen LogP contribution in [0.3, 0.4) is 0 Å². The molecule has 7 nitrogen and oxygen atoms in total. The lowest BCUT2D eigenvalue weighted by Gasteiger charge is -2.19. The van der Waals surface area contributed by atoms with Gasteiger partial charge in [-0.2, -0.15) is 0 Å². The van der Waals surface area contributed by atoms with Gasteiger partial charge in [-0.25, -0.2) is 4.79 Å². The molecule has 0 aromatic heterocycles. The van der Waals surface area contributed by atoms with Crippen molar-refractivity contribution in [2.24, 2.45) is 0 Å². The molecule has 0 aliphatic heterocycles. The van der Waals surface area contributed by atoms with Gasteiger partial charge in [-0.05, 0) is 27.2 Å². The van der Waals surface area contributed by atoms with Crippen LogP contribution in [0.2, 0.25) is 0 Å². The minimum Gasteiger partial charge on any atom is -0.458 e. The van der Waals surface area contributed by atoms with Crippen LogP contribution in [-0.4, -0.2) is 77.6 Å². The van der Waals surface area contributed by atoms with E-state index < -0.39 is 5.60 Å². The summed E-state index contributed by atoms with van der Waals surface area (Å²) in [6.45, 7) is 12.5. The first-order chi connectivity index (χ1) is 13.0. The number of hydrogen-bond acceptors (Lipinski definition) is 7. The molecule has 0 saturated heterocycles. The molecular formula is C20H40O7. The Kier molecular flexibility index (Phi) is 18.1. The van der Waals surface area contributed by atoms with E-state index in [9.17, 15) is 4.79 Å². The van der Waals surface area contributed by atoms with E-state index in [0.29, 0.717) is 52.9 Å². The second-order valence-corrected chi connectivity index (χ2v) is 7.15. The fourth-order valence-electron chi connectivity index (χ4n) is 2.04. The average Bonchev–Trinajstić information content (AvgIpc) is 2.59. The molecular weight excluding hydrogens is 352 g/mol. The maximum Gasteiger partial charge on any atom is 0.332 e. The smallest absolute Gasteiger partial charge is 0.332 e. The van der Waals surface area contributed by atoms with Crippen LogP contribution in [0.4, 0.5) is 0 Å². The number of rotatable bonds is 19. The minimum absolute atomic E-state index is 0.0586. The highest BCUT2D eigenvalue weighted by Crippen LogP contribution is 2.06. The molecule has 0 bridgehead atoms. The summed E-state index contributed by atoms with van der Waals surface area (Å²) in [7, 11) is 0. The first kappa shape index (κ1) is 26.3. The highest BCUT2D eigenvalue weighted by molar-refractivity contribution is 5.71. The molecule has 0 saturated carbocycles. The van der Waals surface area contributed by atoms with Crippen molar-refractivity contribution < 1.29 is 33.2 Å². The van der Waals surface area contributed by atoms with E-state index >= 15 is 0 Å². The third-order valence-electron chi connectivity index (χ3n) is 3.27. The summed E-state index contributed by atoms with van der Waals surface area (Å²) in [5.41, 5.74) is -0.487. The van der Waals surface area contributed by atoms with Gasteiger partial charge in [-0.3, -0.25) is 0 Å². The number of esters is 1. The first-order valence-electron chi connectivity index (χ1n) is 10.1. The Balaban J connectivity index is 3.12. The van der Waals surface area contributed by atoms with Gasteiger partial charge in [0, 0.05) is 6.61 Å². The Morgan fingerprint density at radius 1 is 0.630 bits per heavy atom. The van der Waals surface area contributed by atoms with E-state index in [1.807, 2.05) is 20.8 Å². The van der Waals surface area contributed by atoms with Crippen LogP contribution >= 0.6 is 0 Å². The molecule has 0 fully saturated rings. The first-order valence-corrected chi connectivity index (χ1v) is 10.1. The van der Waals surface area contributed by atoms with Crippen molar-refractivity contribution in [3.63, 3.8) is 0 Å². The summed E-state index contributed by atoms with van der Waals surface area (Å²) in [5.74, 6) is -0.368. The van der Waals surface area contributed by atoms with E-state index in [1.54, 1.807) is 0 Å². The highest BCUT2D eigenvalue weighted by atomic mass is 16.6. The van der Waals surface area contributed by atoms with Crippen LogP contribution in [0, 0.1) is 0 Å². The summed E-state index contributed by atoms with van der Waals surface area (Å²) >= 11 is 0. The van der Waals surface area contributed by atoms with Crippen molar-refractivity contribution in [3.05, 3.63) is 0 Å². The number of carbonyl (C=O) groups is 1. The molecule has 0 amide bonds. The summed E-state index contributed by atoms with van der Waals surface area (Å²) in [6.07, 6.45) is 4.89. The van der Waals surface area contributed by atoms with Crippen LogP contribution in [0.15, 0.2) is 0 Å². The summed E-state index contributed by atoms with van der Waals surface area (Å²) < 4.78 is 32.0. The Morgan fingerprint density at radius 2 is 1.07 bits per heavy atom. The second kappa shape index (κ2) is 18.6. The zero-order chi connectivity index (χ0) is 20.2. The van der Waals surface area contributed by atoms with Crippen LogP contribution in [-0.2, 0) is 33.2 Å². The van der Waals surface area contributed by atoms with Crippen molar-refractivity contribution in [1.82, 2.24) is 0 Å². The molecule has 0 aliphatic rings. The summed E-state index contributed by atoms with van der Waals surface area (Å²) in [4.78, 5) is 11.4. The van der Waals surface area contributed by atoms with Crippen molar-refractivity contribution in [2.75, 3.05) is 66.1 Å². The van der Waals surface area contributed by atoms with Gasteiger partial charge in [0.05, 0.1) is 52.9 Å². The van der Waals surface area contributed by atoms with Crippen LogP contribution < -0.4 is 0 Å². The summed E-state index contributed by atoms with van der Waals surface area (Å²) in [5, 5.41) is 0. The Morgan fingerprint density at radius 3 is 1.52 bits per heavy atom. The van der Waals surface area contributed by atoms with Gasteiger partial charge < -0.3 is 28.4 Å². The normalized spacial score (nSPS) is 11.7. The third kappa shape index (κ3) is 23.2. The van der Waals surface area contributed by atoms with Crippen molar-refractivity contribution >= 4 is 5.97 Å². The molecule has 162 valence electrons. The molecule has 0 rings (SSSR count). The number of carbonyl (C=O) groups excluding carboxylic acids is 1. The Labute approximate surface area is 165 Å². The lowest BCUT2D eigenvalue weighted by Crippen LogP contribution is -2.27. The average molecular weight is 393 g/mol. The Hall–Kier alpha value is -0.730. The topological polar surface area (TPSA) is 72.5 Å². The van der Waals surface area contributed by atoms with Gasteiger partial charge in [0.25, 0.3) is 0 Å². The zero-order valence-corrected chi connectivity index (χ0v) is 17.8. The minimum atomic E-state index is -0.487. The van der Waals surface area contributed by atoms with E-state index in [4.69, 9.17) is 28.4 Å². The molecule has 0 radical (unpaired) electrons. The molecule has 0 aliphatic carbocycles. The maximum atomic E-state index is 11.4. The number of ether oxygens (including phenoxy) is 6. The molecule has 7 heteroatoms. The van der Waals surface area contributed by atoms with Gasteiger partial charge in [0.15, 0.2) is 0 Å². The predicted octanol–water partition coefficient (Wildman–Crippen LogP) is 2.99. The molecule has 0 spiro atoms. The standard InChI is InChI=1S/C20H40O7/c1-5-6-7-8-9-22-10-11-23-12-13-24-14-15-25-16-17-26-18-19(21)27-20(2,3)4/h5-18H2,1-4H3. The van der Waals surface area contributed by atoms with Crippen molar-refractivity contribution in [3.8, 4) is 0 Å². The zero-order valence-electron chi connectivity index (χ0n) is 17.8. The van der Waals surface area contributed by atoms with Crippen LogP contribution in [0.1, 0.15) is 53.4 Å². The maximum absolute atomic E-state index is 11.4. The largest absolute Gasteiger partial charge is 0.458 e. The van der Waals surface area contributed by atoms with E-state index in [-0.39, 0.29) is 12.6 Å². The van der Waals surface area contributed by atoms with Gasteiger partial charge in [-0.15, -0.1) is 0 Å². The number of unbranched alkanes of at least 4 members (excludes halogenated alkanes) is 3. The third-order valence-corrected chi connectivity index (χ3v) is 3.27.